The van der Waals surface area contributed by atoms with Crippen LogP contribution in [0.25, 0.3) is 10.9 Å². The third-order valence-corrected chi connectivity index (χ3v) is 5.19. The Morgan fingerprint density at radius 3 is 2.59 bits per heavy atom. The molecule has 0 atom stereocenters. The van der Waals surface area contributed by atoms with Gasteiger partial charge < -0.3 is 9.88 Å². The molecular formula is C21H21ClN6O. The van der Waals surface area contributed by atoms with Crippen molar-refractivity contribution in [3.05, 3.63) is 76.5 Å². The van der Waals surface area contributed by atoms with Crippen molar-refractivity contribution in [1.82, 2.24) is 29.9 Å². The van der Waals surface area contributed by atoms with Gasteiger partial charge in [-0.25, -0.2) is 0 Å². The van der Waals surface area contributed by atoms with E-state index in [1.165, 1.54) is 0 Å². The van der Waals surface area contributed by atoms with E-state index in [9.17, 15) is 4.79 Å². The van der Waals surface area contributed by atoms with Crippen molar-refractivity contribution in [3.8, 4) is 0 Å². The van der Waals surface area contributed by atoms with Crippen LogP contribution in [0.15, 0.2) is 48.5 Å². The molecule has 0 saturated heterocycles. The molecule has 0 saturated carbocycles. The molecule has 4 aromatic rings. The number of hydrogen-bond donors (Lipinski definition) is 1. The molecule has 0 aliphatic heterocycles. The highest BCUT2D eigenvalue weighted by atomic mass is 35.5. The Hall–Kier alpha value is -3.19. The average Bonchev–Trinajstić information content (AvgIpc) is 3.25. The van der Waals surface area contributed by atoms with Crippen molar-refractivity contribution >= 4 is 28.4 Å². The number of carbonyl (C=O) groups excluding carboxylic acids is 1. The summed E-state index contributed by atoms with van der Waals surface area (Å²) in [4.78, 5) is 12.8. The van der Waals surface area contributed by atoms with Crippen LogP contribution < -0.4 is 5.32 Å². The van der Waals surface area contributed by atoms with E-state index in [1.807, 2.05) is 71.8 Å². The zero-order valence-electron chi connectivity index (χ0n) is 16.3. The Balaban J connectivity index is 1.52. The SMILES string of the molecule is Cc1nnc(CCNC(=O)c2nn(Cc3ccc(Cl)cc3)c3ccccc23)n1C. The Bertz CT molecular complexity index is 1160. The number of nitrogens with one attached hydrogen (secondary N) is 1. The van der Waals surface area contributed by atoms with E-state index in [0.29, 0.717) is 30.2 Å². The lowest BCUT2D eigenvalue weighted by atomic mass is 10.2. The molecule has 1 N–H and O–H groups in total. The molecule has 2 aromatic carbocycles. The number of aryl methyl sites for hydroxylation is 1. The fourth-order valence-corrected chi connectivity index (χ4v) is 3.34. The number of aromatic nitrogens is 5. The normalized spacial score (nSPS) is 11.1. The summed E-state index contributed by atoms with van der Waals surface area (Å²) in [5, 5.41) is 17.2. The minimum atomic E-state index is -0.199. The standard InChI is InChI=1S/C21H21ClN6O/c1-14-24-25-19(27(14)2)11-12-23-21(29)20-17-5-3-4-6-18(17)28(26-20)13-15-7-9-16(22)10-8-15/h3-10H,11-13H2,1-2H3,(H,23,29). The number of nitrogens with zero attached hydrogens (tertiary/aromatic N) is 5. The van der Waals surface area contributed by atoms with Gasteiger partial charge in [-0.2, -0.15) is 5.10 Å². The Kier molecular flexibility index (Phi) is 5.31. The molecule has 0 aliphatic carbocycles. The lowest BCUT2D eigenvalue weighted by Gasteiger charge is -2.04. The largest absolute Gasteiger partial charge is 0.350 e. The topological polar surface area (TPSA) is 77.6 Å². The van der Waals surface area contributed by atoms with Crippen molar-refractivity contribution in [2.75, 3.05) is 6.54 Å². The summed E-state index contributed by atoms with van der Waals surface area (Å²) < 4.78 is 3.77. The average molecular weight is 409 g/mol. The van der Waals surface area contributed by atoms with Crippen molar-refractivity contribution in [3.63, 3.8) is 0 Å². The van der Waals surface area contributed by atoms with Crippen molar-refractivity contribution < 1.29 is 4.79 Å². The van der Waals surface area contributed by atoms with Gasteiger partial charge in [-0.15, -0.1) is 10.2 Å². The number of amides is 1. The number of fused-ring (bicyclic) bond motifs is 1. The summed E-state index contributed by atoms with van der Waals surface area (Å²) in [5.41, 5.74) is 2.40. The van der Waals surface area contributed by atoms with Gasteiger partial charge in [0.05, 0.1) is 12.1 Å². The summed E-state index contributed by atoms with van der Waals surface area (Å²) in [6, 6.07) is 15.4. The minimum absolute atomic E-state index is 0.199. The van der Waals surface area contributed by atoms with Gasteiger partial charge in [-0.1, -0.05) is 41.9 Å². The highest BCUT2D eigenvalue weighted by Gasteiger charge is 2.17. The van der Waals surface area contributed by atoms with Crippen LogP contribution >= 0.6 is 11.6 Å². The monoisotopic (exact) mass is 408 g/mol. The number of para-hydroxylation sites is 1. The van der Waals surface area contributed by atoms with E-state index in [2.05, 4.69) is 20.6 Å². The first-order valence-corrected chi connectivity index (χ1v) is 9.74. The van der Waals surface area contributed by atoms with Gasteiger partial charge in [-0.05, 0) is 30.7 Å². The molecule has 8 heteroatoms. The molecule has 0 fully saturated rings. The molecule has 0 spiro atoms. The molecule has 2 aromatic heterocycles. The van der Waals surface area contributed by atoms with Crippen molar-refractivity contribution in [2.24, 2.45) is 7.05 Å². The van der Waals surface area contributed by atoms with Gasteiger partial charge in [0.2, 0.25) is 0 Å². The maximum atomic E-state index is 12.8. The highest BCUT2D eigenvalue weighted by molar-refractivity contribution is 6.30. The van der Waals surface area contributed by atoms with E-state index in [-0.39, 0.29) is 5.91 Å². The second-order valence-electron chi connectivity index (χ2n) is 6.88. The molecule has 29 heavy (non-hydrogen) atoms. The number of halogens is 1. The molecule has 2 heterocycles. The smallest absolute Gasteiger partial charge is 0.272 e. The van der Waals surface area contributed by atoms with Crippen LogP contribution in [0.3, 0.4) is 0 Å². The molecule has 1 amide bonds. The fraction of sp³-hybridized carbons (Fsp3) is 0.238. The maximum absolute atomic E-state index is 12.8. The molecule has 0 bridgehead atoms. The van der Waals surface area contributed by atoms with Gasteiger partial charge in [-0.3, -0.25) is 9.48 Å². The van der Waals surface area contributed by atoms with Gasteiger partial charge >= 0.3 is 0 Å². The minimum Gasteiger partial charge on any atom is -0.350 e. The first-order valence-electron chi connectivity index (χ1n) is 9.36. The van der Waals surface area contributed by atoms with Crippen LogP contribution in [0, 0.1) is 6.92 Å². The van der Waals surface area contributed by atoms with Crippen molar-refractivity contribution in [2.45, 2.75) is 19.9 Å². The predicted octanol–water partition coefficient (Wildman–Crippen LogP) is 3.15. The quantitative estimate of drug-likeness (QED) is 0.531. The van der Waals surface area contributed by atoms with Gasteiger partial charge in [0.25, 0.3) is 5.91 Å². The zero-order valence-corrected chi connectivity index (χ0v) is 17.0. The van der Waals surface area contributed by atoms with Crippen LogP contribution in [-0.4, -0.2) is 37.0 Å². The van der Waals surface area contributed by atoms with E-state index >= 15 is 0 Å². The summed E-state index contributed by atoms with van der Waals surface area (Å²) in [7, 11) is 1.92. The van der Waals surface area contributed by atoms with E-state index in [1.54, 1.807) is 0 Å². The first-order chi connectivity index (χ1) is 14.0. The third kappa shape index (κ3) is 4.00. The summed E-state index contributed by atoms with van der Waals surface area (Å²) >= 11 is 5.97. The van der Waals surface area contributed by atoms with Gasteiger partial charge in [0, 0.05) is 30.4 Å². The number of rotatable bonds is 6. The lowest BCUT2D eigenvalue weighted by Crippen LogP contribution is -2.27. The Labute approximate surface area is 173 Å². The summed E-state index contributed by atoms with van der Waals surface area (Å²) in [6.45, 7) is 2.92. The molecule has 0 radical (unpaired) electrons. The van der Waals surface area contributed by atoms with E-state index < -0.39 is 0 Å². The molecule has 0 aliphatic rings. The predicted molar refractivity (Wildman–Crippen MR) is 112 cm³/mol. The van der Waals surface area contributed by atoms with Crippen LogP contribution in [-0.2, 0) is 20.0 Å². The molecular weight excluding hydrogens is 388 g/mol. The first kappa shape index (κ1) is 19.1. The molecule has 7 nitrogen and oxygen atoms in total. The van der Waals surface area contributed by atoms with Crippen LogP contribution in [0.1, 0.15) is 27.7 Å². The molecule has 4 rings (SSSR count). The van der Waals surface area contributed by atoms with Crippen LogP contribution in [0.5, 0.6) is 0 Å². The highest BCUT2D eigenvalue weighted by Crippen LogP contribution is 2.20. The zero-order chi connectivity index (χ0) is 20.4. The Morgan fingerprint density at radius 1 is 1.10 bits per heavy atom. The van der Waals surface area contributed by atoms with E-state index in [4.69, 9.17) is 11.6 Å². The second kappa shape index (κ2) is 8.05. The van der Waals surface area contributed by atoms with E-state index in [0.717, 1.165) is 28.1 Å². The maximum Gasteiger partial charge on any atom is 0.272 e. The third-order valence-electron chi connectivity index (χ3n) is 4.94. The number of hydrogen-bond acceptors (Lipinski definition) is 4. The second-order valence-corrected chi connectivity index (χ2v) is 7.31. The van der Waals surface area contributed by atoms with Gasteiger partial charge in [0.1, 0.15) is 11.6 Å². The lowest BCUT2D eigenvalue weighted by molar-refractivity contribution is 0.0949. The van der Waals surface area contributed by atoms with Crippen LogP contribution in [0.2, 0.25) is 5.02 Å². The summed E-state index contributed by atoms with van der Waals surface area (Å²) in [6.07, 6.45) is 0.604. The number of carbonyl (C=O) groups is 1. The molecule has 0 unspecified atom stereocenters. The van der Waals surface area contributed by atoms with Gasteiger partial charge in [0.15, 0.2) is 5.69 Å². The Morgan fingerprint density at radius 2 is 1.86 bits per heavy atom. The van der Waals surface area contributed by atoms with Crippen LogP contribution in [0.4, 0.5) is 0 Å². The van der Waals surface area contributed by atoms with Crippen molar-refractivity contribution in [1.29, 1.82) is 0 Å². The summed E-state index contributed by atoms with van der Waals surface area (Å²) in [5.74, 6) is 1.48. The fourth-order valence-electron chi connectivity index (χ4n) is 3.22. The number of benzene rings is 2. The molecule has 148 valence electrons.